The van der Waals surface area contributed by atoms with Crippen molar-refractivity contribution in [2.75, 3.05) is 11.9 Å². The second-order valence-electron chi connectivity index (χ2n) is 6.14. The molecule has 2 rings (SSSR count). The van der Waals surface area contributed by atoms with E-state index in [1.807, 2.05) is 0 Å². The van der Waals surface area contributed by atoms with Gasteiger partial charge in [0.2, 0.25) is 5.91 Å². The molecular formula is C17H18F4N4O2. The predicted octanol–water partition coefficient (Wildman–Crippen LogP) is 3.10. The number of hydrogen-bond acceptors (Lipinski definition) is 5. The zero-order valence-electron chi connectivity index (χ0n) is 14.5. The first-order valence-corrected chi connectivity index (χ1v) is 8.00. The van der Waals surface area contributed by atoms with E-state index in [1.54, 1.807) is 19.2 Å². The molecule has 0 radical (unpaired) electrons. The number of halogens is 4. The summed E-state index contributed by atoms with van der Waals surface area (Å²) in [6.45, 7) is 1.72. The highest BCUT2D eigenvalue weighted by Crippen LogP contribution is 2.22. The Bertz CT molecular complexity index is 795. The van der Waals surface area contributed by atoms with Crippen LogP contribution in [0.25, 0.3) is 11.4 Å². The van der Waals surface area contributed by atoms with Gasteiger partial charge < -0.3 is 15.7 Å². The van der Waals surface area contributed by atoms with Crippen molar-refractivity contribution in [1.29, 1.82) is 0 Å². The van der Waals surface area contributed by atoms with Crippen LogP contribution in [0.15, 0.2) is 30.5 Å². The molecule has 1 heterocycles. The van der Waals surface area contributed by atoms with Crippen molar-refractivity contribution < 1.29 is 27.5 Å². The van der Waals surface area contributed by atoms with Crippen LogP contribution in [0, 0.1) is 11.7 Å². The van der Waals surface area contributed by atoms with E-state index in [1.165, 1.54) is 24.3 Å². The van der Waals surface area contributed by atoms with E-state index in [-0.39, 0.29) is 17.4 Å². The van der Waals surface area contributed by atoms with Crippen LogP contribution in [-0.4, -0.2) is 39.7 Å². The van der Waals surface area contributed by atoms with Crippen LogP contribution in [0.4, 0.5) is 23.4 Å². The van der Waals surface area contributed by atoms with E-state index >= 15 is 0 Å². The maximum absolute atomic E-state index is 14.1. The summed E-state index contributed by atoms with van der Waals surface area (Å²) in [5.41, 5.74) is 0.485. The lowest BCUT2D eigenvalue weighted by molar-refractivity contribution is -0.139. The molecule has 3 N–H and O–H groups in total. The summed E-state index contributed by atoms with van der Waals surface area (Å²) in [5, 5.41) is 13.6. The number of amides is 1. The average molecular weight is 386 g/mol. The highest BCUT2D eigenvalue weighted by Gasteiger charge is 2.31. The van der Waals surface area contributed by atoms with E-state index in [2.05, 4.69) is 15.3 Å². The molecule has 1 amide bonds. The fraction of sp³-hybridized carbons (Fsp3) is 0.353. The van der Waals surface area contributed by atoms with E-state index in [0.29, 0.717) is 5.56 Å². The molecule has 0 fully saturated rings. The molecule has 0 bridgehead atoms. The number of nitrogens with zero attached hydrogens (tertiary/aromatic N) is 2. The summed E-state index contributed by atoms with van der Waals surface area (Å²) < 4.78 is 51.0. The summed E-state index contributed by atoms with van der Waals surface area (Å²) in [6.07, 6.45) is -3.66. The van der Waals surface area contributed by atoms with Crippen LogP contribution in [0.5, 0.6) is 5.75 Å². The third-order valence-electron chi connectivity index (χ3n) is 3.57. The van der Waals surface area contributed by atoms with Gasteiger partial charge in [0.15, 0.2) is 17.5 Å². The molecule has 27 heavy (non-hydrogen) atoms. The van der Waals surface area contributed by atoms with Gasteiger partial charge in [0.1, 0.15) is 18.3 Å². The number of alkyl halides is 3. The Morgan fingerprint density at radius 3 is 2.41 bits per heavy atom. The lowest BCUT2D eigenvalue weighted by Gasteiger charge is -2.23. The monoisotopic (exact) mass is 386 g/mol. The number of hydrogen-bond donors (Lipinski definition) is 3. The first kappa shape index (κ1) is 20.4. The Balaban J connectivity index is 2.23. The zero-order chi connectivity index (χ0) is 20.2. The molecule has 2 aromatic rings. The molecule has 1 aromatic carbocycles. The molecule has 0 aliphatic rings. The number of aromatic nitrogens is 2. The minimum absolute atomic E-state index is 0.0282. The van der Waals surface area contributed by atoms with E-state index in [9.17, 15) is 27.5 Å². The van der Waals surface area contributed by atoms with Gasteiger partial charge in [0, 0.05) is 5.56 Å². The molecule has 0 saturated carbocycles. The van der Waals surface area contributed by atoms with Gasteiger partial charge in [0.25, 0.3) is 0 Å². The fourth-order valence-corrected chi connectivity index (χ4v) is 2.20. The van der Waals surface area contributed by atoms with Crippen molar-refractivity contribution in [2.45, 2.75) is 26.1 Å². The Kier molecular flexibility index (Phi) is 6.19. The second kappa shape index (κ2) is 8.19. The molecule has 10 heteroatoms. The summed E-state index contributed by atoms with van der Waals surface area (Å²) in [7, 11) is 0. The minimum Gasteiger partial charge on any atom is -0.508 e. The number of benzene rings is 1. The Hall–Kier alpha value is -2.91. The van der Waals surface area contributed by atoms with Crippen molar-refractivity contribution >= 4 is 11.7 Å². The second-order valence-corrected chi connectivity index (χ2v) is 6.14. The van der Waals surface area contributed by atoms with Gasteiger partial charge >= 0.3 is 6.18 Å². The average Bonchev–Trinajstić information content (AvgIpc) is 2.59. The Morgan fingerprint density at radius 1 is 1.22 bits per heavy atom. The van der Waals surface area contributed by atoms with Crippen molar-refractivity contribution in [3.8, 4) is 17.1 Å². The highest BCUT2D eigenvalue weighted by atomic mass is 19.4. The van der Waals surface area contributed by atoms with Gasteiger partial charge in [-0.3, -0.25) is 4.79 Å². The minimum atomic E-state index is -4.55. The number of nitrogens with one attached hydrogen (secondary N) is 2. The van der Waals surface area contributed by atoms with Gasteiger partial charge in [-0.05, 0) is 30.2 Å². The predicted molar refractivity (Wildman–Crippen MR) is 90.4 cm³/mol. The standard InChI is InChI=1S/C17H18F4N4O2/c1-9(2)13(16(27)23-8-17(19,20)21)24-15-12(18)7-22-14(25-15)10-3-5-11(26)6-4-10/h3-7,9,13,26H,8H2,1-2H3,(H,23,27)(H,22,24,25)/t13-/m1/s1. The molecule has 1 aromatic heterocycles. The number of carbonyl (C=O) groups excluding carboxylic acids is 1. The van der Waals surface area contributed by atoms with Crippen LogP contribution in [0.3, 0.4) is 0 Å². The maximum atomic E-state index is 14.1. The van der Waals surface area contributed by atoms with Gasteiger partial charge in [-0.1, -0.05) is 13.8 Å². The van der Waals surface area contributed by atoms with Crippen LogP contribution in [0.1, 0.15) is 13.8 Å². The molecule has 0 aliphatic carbocycles. The summed E-state index contributed by atoms with van der Waals surface area (Å²) in [4.78, 5) is 19.9. The SMILES string of the molecule is CC(C)[C@@H](Nc1nc(-c2ccc(O)cc2)ncc1F)C(=O)NCC(F)(F)F. The lowest BCUT2D eigenvalue weighted by atomic mass is 10.0. The summed E-state index contributed by atoms with van der Waals surface area (Å²) in [6, 6.07) is 4.70. The summed E-state index contributed by atoms with van der Waals surface area (Å²) >= 11 is 0. The Labute approximate surface area is 152 Å². The van der Waals surface area contributed by atoms with Crippen LogP contribution < -0.4 is 10.6 Å². The lowest BCUT2D eigenvalue weighted by Crippen LogP contribution is -2.46. The van der Waals surface area contributed by atoms with E-state index in [4.69, 9.17) is 0 Å². The van der Waals surface area contributed by atoms with Gasteiger partial charge in [0.05, 0.1) is 6.20 Å². The molecule has 0 spiro atoms. The smallest absolute Gasteiger partial charge is 0.405 e. The third-order valence-corrected chi connectivity index (χ3v) is 3.57. The van der Waals surface area contributed by atoms with Crippen LogP contribution >= 0.6 is 0 Å². The molecule has 0 unspecified atom stereocenters. The molecule has 1 atom stereocenters. The topological polar surface area (TPSA) is 87.1 Å². The first-order valence-electron chi connectivity index (χ1n) is 8.00. The first-order chi connectivity index (χ1) is 12.6. The zero-order valence-corrected chi connectivity index (χ0v) is 14.5. The number of phenolic OH excluding ortho intramolecular Hbond substituents is 1. The molecule has 0 saturated heterocycles. The van der Waals surface area contributed by atoms with Gasteiger partial charge in [-0.15, -0.1) is 0 Å². The van der Waals surface area contributed by atoms with Crippen LogP contribution in [-0.2, 0) is 4.79 Å². The van der Waals surface area contributed by atoms with Gasteiger partial charge in [-0.2, -0.15) is 13.2 Å². The van der Waals surface area contributed by atoms with Crippen molar-refractivity contribution in [2.24, 2.45) is 5.92 Å². The number of carbonyl (C=O) groups is 1. The highest BCUT2D eigenvalue weighted by molar-refractivity contribution is 5.84. The normalized spacial score (nSPS) is 12.7. The Morgan fingerprint density at radius 2 is 1.85 bits per heavy atom. The molecular weight excluding hydrogens is 368 g/mol. The fourth-order valence-electron chi connectivity index (χ4n) is 2.20. The van der Waals surface area contributed by atoms with Gasteiger partial charge in [-0.25, -0.2) is 14.4 Å². The molecule has 0 aliphatic heterocycles. The van der Waals surface area contributed by atoms with Crippen molar-refractivity contribution in [1.82, 2.24) is 15.3 Å². The molecule has 146 valence electrons. The van der Waals surface area contributed by atoms with Crippen molar-refractivity contribution in [3.05, 3.63) is 36.3 Å². The quantitative estimate of drug-likeness (QED) is 0.664. The largest absolute Gasteiger partial charge is 0.508 e. The number of rotatable bonds is 6. The van der Waals surface area contributed by atoms with Crippen molar-refractivity contribution in [3.63, 3.8) is 0 Å². The summed E-state index contributed by atoms with van der Waals surface area (Å²) in [5.74, 6) is -2.38. The van der Waals surface area contributed by atoms with Crippen LogP contribution in [0.2, 0.25) is 0 Å². The number of aromatic hydroxyl groups is 1. The van der Waals surface area contributed by atoms with E-state index < -0.39 is 36.4 Å². The molecule has 6 nitrogen and oxygen atoms in total. The number of phenols is 1. The van der Waals surface area contributed by atoms with E-state index in [0.717, 1.165) is 6.20 Å². The maximum Gasteiger partial charge on any atom is 0.405 e. The third kappa shape index (κ3) is 5.80. The number of anilines is 1.